The van der Waals surface area contributed by atoms with Crippen LogP contribution in [0.3, 0.4) is 0 Å². The molecule has 0 aromatic heterocycles. The van der Waals surface area contributed by atoms with Crippen LogP contribution in [0.2, 0.25) is 0 Å². The summed E-state index contributed by atoms with van der Waals surface area (Å²) in [4.78, 5) is 13.1. The second-order valence-corrected chi connectivity index (χ2v) is 3.07. The summed E-state index contributed by atoms with van der Waals surface area (Å²) in [6.45, 7) is 6.14. The van der Waals surface area contributed by atoms with Gasteiger partial charge in [-0.15, -0.1) is 6.58 Å². The molecule has 0 saturated carbocycles. The van der Waals surface area contributed by atoms with Gasteiger partial charge in [-0.1, -0.05) is 6.08 Å². The number of carbonyl (C=O) groups is 1. The van der Waals surface area contributed by atoms with Crippen LogP contribution in [0.5, 0.6) is 0 Å². The van der Waals surface area contributed by atoms with Crippen LogP contribution in [0.1, 0.15) is 19.8 Å². The summed E-state index contributed by atoms with van der Waals surface area (Å²) in [5, 5.41) is 0. The van der Waals surface area contributed by atoms with Crippen molar-refractivity contribution in [3.8, 4) is 0 Å². The fourth-order valence-electron chi connectivity index (χ4n) is 0.994. The van der Waals surface area contributed by atoms with Crippen LogP contribution in [0.4, 0.5) is 0 Å². The molecule has 1 unspecified atom stereocenters. The molecule has 0 rings (SSSR count). The predicted octanol–water partition coefficient (Wildman–Crippen LogP) is 1.45. The van der Waals surface area contributed by atoms with Crippen molar-refractivity contribution >= 4 is 5.91 Å². The molecule has 0 aliphatic carbocycles. The van der Waals surface area contributed by atoms with Gasteiger partial charge in [-0.25, -0.2) is 0 Å². The van der Waals surface area contributed by atoms with Crippen molar-refractivity contribution in [2.45, 2.75) is 25.9 Å². The SMILES string of the molecule is C=CCCCN(C)C(=O)C(C)OC. The van der Waals surface area contributed by atoms with E-state index in [1.54, 1.807) is 26.0 Å². The quantitative estimate of drug-likeness (QED) is 0.463. The fraction of sp³-hybridized carbons (Fsp3) is 0.700. The molecule has 0 saturated heterocycles. The highest BCUT2D eigenvalue weighted by molar-refractivity contribution is 5.80. The van der Waals surface area contributed by atoms with E-state index in [0.29, 0.717) is 0 Å². The average molecular weight is 185 g/mol. The number of hydrogen-bond donors (Lipinski definition) is 0. The van der Waals surface area contributed by atoms with Gasteiger partial charge in [0.15, 0.2) is 0 Å². The summed E-state index contributed by atoms with van der Waals surface area (Å²) < 4.78 is 4.93. The highest BCUT2D eigenvalue weighted by atomic mass is 16.5. The van der Waals surface area contributed by atoms with Crippen molar-refractivity contribution in [1.29, 1.82) is 0 Å². The van der Waals surface area contributed by atoms with Gasteiger partial charge in [0.05, 0.1) is 0 Å². The number of amides is 1. The van der Waals surface area contributed by atoms with Gasteiger partial charge in [-0.2, -0.15) is 0 Å². The third-order valence-electron chi connectivity index (χ3n) is 1.98. The van der Waals surface area contributed by atoms with Crippen molar-refractivity contribution < 1.29 is 9.53 Å². The first-order valence-corrected chi connectivity index (χ1v) is 4.52. The van der Waals surface area contributed by atoms with Crippen LogP contribution in [0.25, 0.3) is 0 Å². The maximum absolute atomic E-state index is 11.4. The zero-order chi connectivity index (χ0) is 10.3. The third kappa shape index (κ3) is 4.68. The Morgan fingerprint density at radius 1 is 1.69 bits per heavy atom. The Kier molecular flexibility index (Phi) is 6.24. The van der Waals surface area contributed by atoms with Crippen LogP contribution in [0.15, 0.2) is 12.7 Å². The van der Waals surface area contributed by atoms with E-state index in [9.17, 15) is 4.79 Å². The Morgan fingerprint density at radius 3 is 2.77 bits per heavy atom. The number of allylic oxidation sites excluding steroid dienone is 1. The number of carbonyl (C=O) groups excluding carboxylic acids is 1. The Hall–Kier alpha value is -0.830. The minimum absolute atomic E-state index is 0.0339. The van der Waals surface area contributed by atoms with Gasteiger partial charge in [0.2, 0.25) is 0 Å². The Morgan fingerprint density at radius 2 is 2.31 bits per heavy atom. The van der Waals surface area contributed by atoms with E-state index in [-0.39, 0.29) is 12.0 Å². The van der Waals surface area contributed by atoms with E-state index in [0.717, 1.165) is 19.4 Å². The van der Waals surface area contributed by atoms with Crippen LogP contribution >= 0.6 is 0 Å². The lowest BCUT2D eigenvalue weighted by Gasteiger charge is -2.20. The largest absolute Gasteiger partial charge is 0.372 e. The summed E-state index contributed by atoms with van der Waals surface area (Å²) in [5.74, 6) is 0.0339. The summed E-state index contributed by atoms with van der Waals surface area (Å²) in [7, 11) is 3.33. The molecule has 0 aliphatic heterocycles. The summed E-state index contributed by atoms with van der Waals surface area (Å²) >= 11 is 0. The van der Waals surface area contributed by atoms with E-state index in [1.807, 2.05) is 6.08 Å². The molecule has 3 nitrogen and oxygen atoms in total. The highest BCUT2D eigenvalue weighted by Gasteiger charge is 2.15. The molecule has 0 aliphatic rings. The number of methoxy groups -OCH3 is 1. The first-order chi connectivity index (χ1) is 6.13. The molecule has 0 bridgehead atoms. The molecule has 0 aromatic rings. The normalized spacial score (nSPS) is 12.2. The van der Waals surface area contributed by atoms with Gasteiger partial charge in [0.25, 0.3) is 5.91 Å². The summed E-state index contributed by atoms with van der Waals surface area (Å²) in [6, 6.07) is 0. The molecular formula is C10H19NO2. The number of unbranched alkanes of at least 4 members (excludes halogenated alkanes) is 1. The molecule has 0 N–H and O–H groups in total. The Labute approximate surface area is 80.4 Å². The van der Waals surface area contributed by atoms with E-state index in [2.05, 4.69) is 6.58 Å². The maximum atomic E-state index is 11.4. The van der Waals surface area contributed by atoms with Crippen molar-refractivity contribution in [2.24, 2.45) is 0 Å². The molecular weight excluding hydrogens is 166 g/mol. The predicted molar refractivity (Wildman–Crippen MR) is 53.5 cm³/mol. The van der Waals surface area contributed by atoms with Crippen molar-refractivity contribution in [2.75, 3.05) is 20.7 Å². The zero-order valence-corrected chi connectivity index (χ0v) is 8.75. The van der Waals surface area contributed by atoms with Crippen molar-refractivity contribution in [3.63, 3.8) is 0 Å². The molecule has 0 spiro atoms. The minimum atomic E-state index is -0.339. The van der Waals surface area contributed by atoms with Crippen molar-refractivity contribution in [3.05, 3.63) is 12.7 Å². The van der Waals surface area contributed by atoms with E-state index >= 15 is 0 Å². The average Bonchev–Trinajstić information content (AvgIpc) is 2.15. The maximum Gasteiger partial charge on any atom is 0.251 e. The van der Waals surface area contributed by atoms with E-state index in [4.69, 9.17) is 4.74 Å². The number of nitrogens with zero attached hydrogens (tertiary/aromatic N) is 1. The molecule has 3 heteroatoms. The van der Waals surface area contributed by atoms with E-state index < -0.39 is 0 Å². The Balaban J connectivity index is 3.75. The number of likely N-dealkylation sites (N-methyl/N-ethyl adjacent to an activating group) is 1. The topological polar surface area (TPSA) is 29.5 Å². The molecule has 0 heterocycles. The second kappa shape index (κ2) is 6.66. The van der Waals surface area contributed by atoms with Gasteiger partial charge in [-0.05, 0) is 19.8 Å². The summed E-state index contributed by atoms with van der Waals surface area (Å²) in [5.41, 5.74) is 0. The molecule has 0 aromatic carbocycles. The zero-order valence-electron chi connectivity index (χ0n) is 8.75. The minimum Gasteiger partial charge on any atom is -0.372 e. The molecule has 1 atom stereocenters. The number of ether oxygens (including phenoxy) is 1. The highest BCUT2D eigenvalue weighted by Crippen LogP contribution is 1.98. The summed E-state index contributed by atoms with van der Waals surface area (Å²) in [6.07, 6.45) is 3.42. The van der Waals surface area contributed by atoms with Crippen LogP contribution in [-0.2, 0) is 9.53 Å². The lowest BCUT2D eigenvalue weighted by atomic mass is 10.2. The molecule has 1 amide bonds. The fourth-order valence-corrected chi connectivity index (χ4v) is 0.994. The molecule has 76 valence electrons. The Bertz CT molecular complexity index is 168. The van der Waals surface area contributed by atoms with E-state index in [1.165, 1.54) is 0 Å². The van der Waals surface area contributed by atoms with Gasteiger partial charge in [0, 0.05) is 20.7 Å². The van der Waals surface area contributed by atoms with Crippen molar-refractivity contribution in [1.82, 2.24) is 4.90 Å². The monoisotopic (exact) mass is 185 g/mol. The van der Waals surface area contributed by atoms with Gasteiger partial charge in [0.1, 0.15) is 6.10 Å². The lowest BCUT2D eigenvalue weighted by Crippen LogP contribution is -2.36. The smallest absolute Gasteiger partial charge is 0.251 e. The first kappa shape index (κ1) is 12.2. The lowest BCUT2D eigenvalue weighted by molar-refractivity contribution is -0.139. The third-order valence-corrected chi connectivity index (χ3v) is 1.98. The standard InChI is InChI=1S/C10H19NO2/c1-5-6-7-8-11(3)10(12)9(2)13-4/h5,9H,1,6-8H2,2-4H3. The van der Waals surface area contributed by atoms with Crippen LogP contribution < -0.4 is 0 Å². The van der Waals surface area contributed by atoms with Gasteiger partial charge < -0.3 is 9.64 Å². The van der Waals surface area contributed by atoms with Crippen LogP contribution in [-0.4, -0.2) is 37.6 Å². The molecule has 13 heavy (non-hydrogen) atoms. The van der Waals surface area contributed by atoms with Gasteiger partial charge in [-0.3, -0.25) is 4.79 Å². The van der Waals surface area contributed by atoms with Gasteiger partial charge >= 0.3 is 0 Å². The second-order valence-electron chi connectivity index (χ2n) is 3.07. The number of rotatable bonds is 6. The molecule has 0 radical (unpaired) electrons. The molecule has 0 fully saturated rings. The first-order valence-electron chi connectivity index (χ1n) is 4.52. The van der Waals surface area contributed by atoms with Crippen LogP contribution in [0, 0.1) is 0 Å². The number of hydrogen-bond acceptors (Lipinski definition) is 2.